The smallest absolute Gasteiger partial charge is 0.278 e. The number of amides is 1. The highest BCUT2D eigenvalue weighted by atomic mass is 32.2. The second-order valence-corrected chi connectivity index (χ2v) is 8.53. The largest absolute Gasteiger partial charge is 0.353 e. The van der Waals surface area contributed by atoms with Crippen LogP contribution in [-0.4, -0.2) is 42.9 Å². The molecule has 0 fully saturated rings. The van der Waals surface area contributed by atoms with Crippen LogP contribution in [0.1, 0.15) is 34.4 Å². The van der Waals surface area contributed by atoms with Crippen LogP contribution in [-0.2, 0) is 15.7 Å². The molecule has 34 heavy (non-hydrogen) atoms. The van der Waals surface area contributed by atoms with E-state index in [-0.39, 0.29) is 12.2 Å². The van der Waals surface area contributed by atoms with Crippen molar-refractivity contribution >= 4 is 45.5 Å². The number of anilines is 5. The number of nitrogens with zero attached hydrogens (tertiary/aromatic N) is 4. The molecule has 0 unspecified atom stereocenters. The molecule has 0 aliphatic carbocycles. The van der Waals surface area contributed by atoms with Gasteiger partial charge in [0.05, 0.1) is 29.2 Å². The number of aromatic nitrogens is 3. The number of benzene rings is 1. The molecule has 3 aromatic rings. The highest BCUT2D eigenvalue weighted by molar-refractivity contribution is 7.74. The molecule has 3 rings (SSSR count). The quantitative estimate of drug-likeness (QED) is 0.266. The van der Waals surface area contributed by atoms with Crippen molar-refractivity contribution < 1.29 is 18.0 Å². The van der Waals surface area contributed by atoms with Crippen molar-refractivity contribution in [1.29, 1.82) is 0 Å². The summed E-state index contributed by atoms with van der Waals surface area (Å²) in [5.41, 5.74) is 5.54. The molecule has 1 amide bonds. The van der Waals surface area contributed by atoms with E-state index < -0.39 is 16.8 Å². The van der Waals surface area contributed by atoms with Gasteiger partial charge in [0.1, 0.15) is 17.5 Å². The molecular weight excluding hydrogens is 458 g/mol. The lowest BCUT2D eigenvalue weighted by Crippen LogP contribution is -2.25. The fraction of sp³-hybridized carbons (Fsp3) is 0.273. The third-order valence-corrected chi connectivity index (χ3v) is 5.40. The zero-order valence-electron chi connectivity index (χ0n) is 19.5. The van der Waals surface area contributed by atoms with Crippen molar-refractivity contribution in [3.63, 3.8) is 0 Å². The predicted molar refractivity (Wildman–Crippen MR) is 131 cm³/mol. The summed E-state index contributed by atoms with van der Waals surface area (Å²) in [7, 11) is -1.41. The summed E-state index contributed by atoms with van der Waals surface area (Å²) in [4.78, 5) is 30.7. The molecule has 0 radical (unpaired) electrons. The highest BCUT2D eigenvalue weighted by Gasteiger charge is 2.17. The molecule has 1 aromatic carbocycles. The number of hydrogen-bond acceptors (Lipinski definition) is 9. The van der Waals surface area contributed by atoms with Gasteiger partial charge < -0.3 is 10.6 Å². The van der Waals surface area contributed by atoms with Crippen LogP contribution in [0.2, 0.25) is 0 Å². The summed E-state index contributed by atoms with van der Waals surface area (Å²) in [5, 5.41) is 6.29. The second-order valence-electron chi connectivity index (χ2n) is 7.45. The maximum absolute atomic E-state index is 12.7. The monoisotopic (exact) mass is 485 g/mol. The van der Waals surface area contributed by atoms with Gasteiger partial charge in [-0.15, -0.1) is 0 Å². The summed E-state index contributed by atoms with van der Waals surface area (Å²) in [5.74, 6) is 1.07. The van der Waals surface area contributed by atoms with Crippen LogP contribution in [0.3, 0.4) is 0 Å². The number of carbonyl (C=O) groups excluding carboxylic acids is 1. The van der Waals surface area contributed by atoms with Gasteiger partial charge in [0.25, 0.3) is 5.91 Å². The van der Waals surface area contributed by atoms with E-state index in [4.69, 9.17) is 4.84 Å². The molecule has 3 N–H and O–H groups in total. The first kappa shape index (κ1) is 24.9. The van der Waals surface area contributed by atoms with Gasteiger partial charge >= 0.3 is 0 Å². The van der Waals surface area contributed by atoms with Crippen LogP contribution in [0.25, 0.3) is 0 Å². The average Bonchev–Trinajstić information content (AvgIpc) is 2.77. The number of rotatable bonds is 9. The van der Waals surface area contributed by atoms with Crippen LogP contribution >= 0.6 is 0 Å². The fourth-order valence-corrected chi connectivity index (χ4v) is 3.50. The summed E-state index contributed by atoms with van der Waals surface area (Å²) in [6, 6.07) is 8.73. The van der Waals surface area contributed by atoms with Gasteiger partial charge in [0.2, 0.25) is 10.9 Å². The van der Waals surface area contributed by atoms with E-state index in [2.05, 4.69) is 31.1 Å². The Labute approximate surface area is 199 Å². The Kier molecular flexibility index (Phi) is 7.97. The Morgan fingerprint density at radius 1 is 1.03 bits per heavy atom. The summed E-state index contributed by atoms with van der Waals surface area (Å²) >= 11 is 0. The van der Waals surface area contributed by atoms with E-state index in [1.165, 1.54) is 13.2 Å². The zero-order chi connectivity index (χ0) is 24.8. The number of hydroxylamine groups is 1. The highest BCUT2D eigenvalue weighted by Crippen LogP contribution is 2.32. The maximum atomic E-state index is 12.7. The van der Waals surface area contributed by atoms with Gasteiger partial charge in [0.15, 0.2) is 0 Å². The third-order valence-electron chi connectivity index (χ3n) is 4.70. The number of hydrogen-bond donors (Lipinski definition) is 4. The summed E-state index contributed by atoms with van der Waals surface area (Å²) < 4.78 is 24.4. The van der Waals surface area contributed by atoms with E-state index in [1.54, 1.807) is 38.1 Å². The van der Waals surface area contributed by atoms with Crippen LogP contribution in [0, 0.1) is 20.8 Å². The number of thiol groups is 1. The molecule has 0 bridgehead atoms. The van der Waals surface area contributed by atoms with Crippen molar-refractivity contribution in [3.8, 4) is 0 Å². The van der Waals surface area contributed by atoms with Crippen LogP contribution in [0.15, 0.2) is 36.5 Å². The Balaban J connectivity index is 2.04. The Bertz CT molecular complexity index is 1250. The average molecular weight is 486 g/mol. The molecule has 11 nitrogen and oxygen atoms in total. The first-order valence-corrected chi connectivity index (χ1v) is 11.6. The SMILES string of the molecule is CCONC(=O)c1cnc(Nc2cc(C)nc(C)n2)cc1Nc1ccc(C)cc1N(C)[SH](=O)=O. The maximum Gasteiger partial charge on any atom is 0.278 e. The molecular formula is C22H27N7O4S. The van der Waals surface area contributed by atoms with E-state index in [0.29, 0.717) is 34.5 Å². The normalized spacial score (nSPS) is 10.8. The first-order chi connectivity index (χ1) is 16.2. The van der Waals surface area contributed by atoms with Crippen molar-refractivity contribution in [2.24, 2.45) is 0 Å². The van der Waals surface area contributed by atoms with Crippen LogP contribution < -0.4 is 20.4 Å². The third kappa shape index (κ3) is 6.17. The lowest BCUT2D eigenvalue weighted by Gasteiger charge is -2.20. The topological polar surface area (TPSA) is 138 Å². The van der Waals surface area contributed by atoms with Crippen molar-refractivity contribution in [3.05, 3.63) is 59.2 Å². The number of nitrogens with one attached hydrogen (secondary N) is 3. The number of carbonyl (C=O) groups is 1. The minimum absolute atomic E-state index is 0.203. The summed E-state index contributed by atoms with van der Waals surface area (Å²) in [6.45, 7) is 7.54. The molecule has 0 spiro atoms. The van der Waals surface area contributed by atoms with Crippen molar-refractivity contribution in [2.45, 2.75) is 27.7 Å². The molecule has 0 aliphatic heterocycles. The van der Waals surface area contributed by atoms with Gasteiger partial charge in [-0.25, -0.2) is 28.8 Å². The minimum Gasteiger partial charge on any atom is -0.353 e. The fourth-order valence-electron chi connectivity index (χ4n) is 3.16. The predicted octanol–water partition coefficient (Wildman–Crippen LogP) is 2.93. The molecule has 180 valence electrons. The van der Waals surface area contributed by atoms with E-state index >= 15 is 0 Å². The van der Waals surface area contributed by atoms with Crippen LogP contribution in [0.4, 0.5) is 28.7 Å². The van der Waals surface area contributed by atoms with Gasteiger partial charge in [-0.3, -0.25) is 13.9 Å². The second kappa shape index (κ2) is 10.9. The standard InChI is InChI=1S/C22H27N7O4S/c1-6-33-28-22(30)16-12-23-20(27-21-10-14(3)24-15(4)25-21)11-18(16)26-17-8-7-13(2)9-19(17)29(5)34(31)32/h7-12,34H,6H2,1-5H3,(H,28,30)(H2,23,24,25,26,27). The lowest BCUT2D eigenvalue weighted by molar-refractivity contribution is 0.0365. The van der Waals surface area contributed by atoms with Gasteiger partial charge in [0, 0.05) is 31.1 Å². The molecule has 0 atom stereocenters. The zero-order valence-corrected chi connectivity index (χ0v) is 20.4. The number of pyridine rings is 1. The van der Waals surface area contributed by atoms with Crippen molar-refractivity contribution in [1.82, 2.24) is 20.4 Å². The number of aryl methyl sites for hydroxylation is 3. The Morgan fingerprint density at radius 2 is 1.79 bits per heavy atom. The van der Waals surface area contributed by atoms with E-state index in [1.807, 2.05) is 19.9 Å². The lowest BCUT2D eigenvalue weighted by atomic mass is 10.1. The molecule has 0 aliphatic rings. The Hall–Kier alpha value is -3.77. The van der Waals surface area contributed by atoms with E-state index in [0.717, 1.165) is 15.6 Å². The molecule has 0 saturated heterocycles. The Morgan fingerprint density at radius 3 is 2.47 bits per heavy atom. The van der Waals surface area contributed by atoms with Crippen LogP contribution in [0.5, 0.6) is 0 Å². The van der Waals surface area contributed by atoms with Crippen molar-refractivity contribution in [2.75, 3.05) is 28.6 Å². The molecule has 12 heteroatoms. The summed E-state index contributed by atoms with van der Waals surface area (Å²) in [6.07, 6.45) is 1.39. The molecule has 0 saturated carbocycles. The van der Waals surface area contributed by atoms with Gasteiger partial charge in [-0.1, -0.05) is 6.07 Å². The first-order valence-electron chi connectivity index (χ1n) is 10.4. The van der Waals surface area contributed by atoms with E-state index in [9.17, 15) is 13.2 Å². The van der Waals surface area contributed by atoms with Gasteiger partial charge in [-0.05, 0) is 45.4 Å². The molecule has 2 aromatic heterocycles. The minimum atomic E-state index is -2.86. The molecule has 2 heterocycles. The van der Waals surface area contributed by atoms with Gasteiger partial charge in [-0.2, -0.15) is 0 Å².